The van der Waals surface area contributed by atoms with Gasteiger partial charge in [-0.1, -0.05) is 18.2 Å². The van der Waals surface area contributed by atoms with Crippen molar-refractivity contribution >= 4 is 11.6 Å². The van der Waals surface area contributed by atoms with Crippen LogP contribution in [0.25, 0.3) is 0 Å². The molecule has 0 bridgehead atoms. The summed E-state index contributed by atoms with van der Waals surface area (Å²) in [4.78, 5) is 11.8. The predicted octanol–water partition coefficient (Wildman–Crippen LogP) is 2.06. The Morgan fingerprint density at radius 2 is 1.50 bits per heavy atom. The van der Waals surface area contributed by atoms with E-state index in [1.165, 1.54) is 0 Å². The molecule has 0 aromatic heterocycles. The second kappa shape index (κ2) is 4.67. The van der Waals surface area contributed by atoms with Gasteiger partial charge in [-0.2, -0.15) is 0 Å². The van der Waals surface area contributed by atoms with Crippen molar-refractivity contribution in [2.75, 3.05) is 5.32 Å². The van der Waals surface area contributed by atoms with Crippen LogP contribution in [-0.2, 0) is 0 Å². The molecule has 0 saturated carbocycles. The summed E-state index contributed by atoms with van der Waals surface area (Å²) in [7, 11) is 0. The molecule has 1 amide bonds. The van der Waals surface area contributed by atoms with Crippen LogP contribution in [0.3, 0.4) is 0 Å². The van der Waals surface area contributed by atoms with Crippen molar-refractivity contribution in [2.24, 2.45) is 0 Å². The fraction of sp³-hybridized carbons (Fsp3) is 0. The third kappa shape index (κ3) is 2.35. The maximum Gasteiger partial charge on any atom is 0.255 e. The summed E-state index contributed by atoms with van der Waals surface area (Å²) >= 11 is 0. The fourth-order valence-corrected chi connectivity index (χ4v) is 1.46. The van der Waals surface area contributed by atoms with Crippen molar-refractivity contribution in [3.8, 4) is 17.2 Å². The lowest BCUT2D eigenvalue weighted by Crippen LogP contribution is -2.11. The van der Waals surface area contributed by atoms with E-state index in [1.807, 2.05) is 6.07 Å². The van der Waals surface area contributed by atoms with Gasteiger partial charge < -0.3 is 20.6 Å². The summed E-state index contributed by atoms with van der Waals surface area (Å²) in [6.45, 7) is 0. The Morgan fingerprint density at radius 1 is 0.944 bits per heavy atom. The Morgan fingerprint density at radius 3 is 2.06 bits per heavy atom. The molecule has 0 atom stereocenters. The van der Waals surface area contributed by atoms with E-state index in [4.69, 9.17) is 0 Å². The molecule has 2 aromatic rings. The molecule has 0 aliphatic rings. The van der Waals surface area contributed by atoms with Gasteiger partial charge in [0.05, 0.1) is 0 Å². The van der Waals surface area contributed by atoms with Crippen LogP contribution < -0.4 is 5.32 Å². The van der Waals surface area contributed by atoms with E-state index in [0.717, 1.165) is 12.1 Å². The minimum Gasteiger partial charge on any atom is -0.504 e. The van der Waals surface area contributed by atoms with Crippen LogP contribution in [0.1, 0.15) is 10.4 Å². The van der Waals surface area contributed by atoms with E-state index >= 15 is 0 Å². The molecule has 0 spiro atoms. The zero-order valence-corrected chi connectivity index (χ0v) is 9.29. The number of hydrogen-bond donors (Lipinski definition) is 4. The molecule has 0 radical (unpaired) electrons. The van der Waals surface area contributed by atoms with Crippen molar-refractivity contribution in [3.63, 3.8) is 0 Å². The minimum atomic E-state index is -0.647. The molecule has 0 heterocycles. The van der Waals surface area contributed by atoms with Gasteiger partial charge in [-0.05, 0) is 24.3 Å². The number of para-hydroxylation sites is 1. The van der Waals surface area contributed by atoms with Crippen molar-refractivity contribution < 1.29 is 20.1 Å². The van der Waals surface area contributed by atoms with E-state index in [2.05, 4.69) is 5.32 Å². The second-order valence-electron chi connectivity index (χ2n) is 3.68. The lowest BCUT2D eigenvalue weighted by atomic mass is 10.1. The Balaban J connectivity index is 2.25. The Kier molecular flexibility index (Phi) is 3.05. The summed E-state index contributed by atoms with van der Waals surface area (Å²) in [6.07, 6.45) is 0. The number of carbonyl (C=O) groups is 1. The van der Waals surface area contributed by atoms with Gasteiger partial charge in [0, 0.05) is 11.3 Å². The quantitative estimate of drug-likeness (QED) is 0.609. The molecule has 0 aliphatic carbocycles. The fourth-order valence-electron chi connectivity index (χ4n) is 1.46. The number of benzene rings is 2. The first-order valence-electron chi connectivity index (χ1n) is 5.19. The monoisotopic (exact) mass is 245 g/mol. The molecule has 0 saturated heterocycles. The Bertz CT molecular complexity index is 558. The number of hydrogen-bond acceptors (Lipinski definition) is 4. The molecule has 5 heteroatoms. The van der Waals surface area contributed by atoms with Crippen molar-refractivity contribution in [3.05, 3.63) is 48.0 Å². The summed E-state index contributed by atoms with van der Waals surface area (Å²) in [5, 5.41) is 30.4. The van der Waals surface area contributed by atoms with Gasteiger partial charge in [-0.3, -0.25) is 4.79 Å². The molecule has 18 heavy (non-hydrogen) atoms. The highest BCUT2D eigenvalue weighted by atomic mass is 16.3. The highest BCUT2D eigenvalue weighted by Crippen LogP contribution is 2.35. The van der Waals surface area contributed by atoms with Crippen LogP contribution in [0.5, 0.6) is 17.2 Å². The third-order valence-electron chi connectivity index (χ3n) is 2.36. The van der Waals surface area contributed by atoms with E-state index < -0.39 is 23.2 Å². The Hall–Kier alpha value is -2.69. The molecule has 0 fully saturated rings. The Labute approximate surface area is 103 Å². The first-order valence-corrected chi connectivity index (χ1v) is 5.19. The summed E-state index contributed by atoms with van der Waals surface area (Å²) in [6, 6.07) is 10.9. The molecule has 2 aromatic carbocycles. The van der Waals surface area contributed by atoms with Gasteiger partial charge in [0.25, 0.3) is 5.91 Å². The number of carbonyl (C=O) groups excluding carboxylic acids is 1. The number of rotatable bonds is 2. The molecule has 4 N–H and O–H groups in total. The van der Waals surface area contributed by atoms with Gasteiger partial charge in [-0.15, -0.1) is 0 Å². The summed E-state index contributed by atoms with van der Waals surface area (Å²) < 4.78 is 0. The highest BCUT2D eigenvalue weighted by Gasteiger charge is 2.13. The molecule has 92 valence electrons. The summed E-state index contributed by atoms with van der Waals surface area (Å²) in [5.74, 6) is -2.24. The van der Waals surface area contributed by atoms with Crippen LogP contribution in [0.2, 0.25) is 0 Å². The van der Waals surface area contributed by atoms with Gasteiger partial charge in [0.1, 0.15) is 0 Å². The first kappa shape index (κ1) is 11.8. The van der Waals surface area contributed by atoms with Crippen LogP contribution in [0.4, 0.5) is 5.69 Å². The number of phenols is 3. The van der Waals surface area contributed by atoms with Crippen molar-refractivity contribution in [2.45, 2.75) is 0 Å². The zero-order valence-electron chi connectivity index (χ0n) is 9.29. The predicted molar refractivity (Wildman–Crippen MR) is 65.8 cm³/mol. The zero-order chi connectivity index (χ0) is 13.1. The molecule has 5 nitrogen and oxygen atoms in total. The number of phenolic OH excluding ortho intramolecular Hbond substituents is 3. The van der Waals surface area contributed by atoms with Gasteiger partial charge in [0.2, 0.25) is 0 Å². The van der Waals surface area contributed by atoms with E-state index in [0.29, 0.717) is 5.69 Å². The molecular formula is C13H11NO4. The number of amides is 1. The SMILES string of the molecule is O=C(Nc1ccccc1)c1cc(O)c(O)c(O)c1. The number of anilines is 1. The van der Waals surface area contributed by atoms with E-state index in [1.54, 1.807) is 24.3 Å². The van der Waals surface area contributed by atoms with Crippen molar-refractivity contribution in [1.29, 1.82) is 0 Å². The second-order valence-corrected chi connectivity index (χ2v) is 3.68. The standard InChI is InChI=1S/C13H11NO4/c15-10-6-8(7-11(16)12(10)17)13(18)14-9-4-2-1-3-5-9/h1-7,15-17H,(H,14,18). The molecule has 0 aliphatic heterocycles. The van der Waals surface area contributed by atoms with Crippen molar-refractivity contribution in [1.82, 2.24) is 0 Å². The number of nitrogens with one attached hydrogen (secondary N) is 1. The topological polar surface area (TPSA) is 89.8 Å². The smallest absolute Gasteiger partial charge is 0.255 e. The van der Waals surface area contributed by atoms with Crippen LogP contribution >= 0.6 is 0 Å². The number of aromatic hydroxyl groups is 3. The largest absolute Gasteiger partial charge is 0.504 e. The average Bonchev–Trinajstić information content (AvgIpc) is 2.36. The van der Waals surface area contributed by atoms with Crippen LogP contribution in [-0.4, -0.2) is 21.2 Å². The molecule has 0 unspecified atom stereocenters. The van der Waals surface area contributed by atoms with E-state index in [-0.39, 0.29) is 5.56 Å². The average molecular weight is 245 g/mol. The maximum atomic E-state index is 11.8. The lowest BCUT2D eigenvalue weighted by molar-refractivity contribution is 0.102. The summed E-state index contributed by atoms with van der Waals surface area (Å²) in [5.41, 5.74) is 0.640. The normalized spacial score (nSPS) is 10.0. The van der Waals surface area contributed by atoms with Gasteiger partial charge >= 0.3 is 0 Å². The highest BCUT2D eigenvalue weighted by molar-refractivity contribution is 6.05. The van der Waals surface area contributed by atoms with Gasteiger partial charge in [-0.25, -0.2) is 0 Å². The third-order valence-corrected chi connectivity index (χ3v) is 2.36. The molecule has 2 rings (SSSR count). The minimum absolute atomic E-state index is 0.0478. The van der Waals surface area contributed by atoms with Crippen LogP contribution in [0.15, 0.2) is 42.5 Å². The van der Waals surface area contributed by atoms with Gasteiger partial charge in [0.15, 0.2) is 17.2 Å². The molecular weight excluding hydrogens is 234 g/mol. The first-order chi connectivity index (χ1) is 8.58. The maximum absolute atomic E-state index is 11.8. The lowest BCUT2D eigenvalue weighted by Gasteiger charge is -2.07. The van der Waals surface area contributed by atoms with E-state index in [9.17, 15) is 20.1 Å². The van der Waals surface area contributed by atoms with Crippen LogP contribution in [0, 0.1) is 0 Å².